The van der Waals surface area contributed by atoms with Gasteiger partial charge >= 0.3 is 0 Å². The van der Waals surface area contributed by atoms with Crippen LogP contribution in [0.25, 0.3) is 0 Å². The van der Waals surface area contributed by atoms with E-state index in [-0.39, 0.29) is 4.91 Å². The maximum Gasteiger partial charge on any atom is 0.214 e. The van der Waals surface area contributed by atoms with E-state index >= 15 is 0 Å². The molecule has 0 atom stereocenters. The van der Waals surface area contributed by atoms with Crippen LogP contribution in [0.2, 0.25) is 0 Å². The van der Waals surface area contributed by atoms with Crippen molar-refractivity contribution < 1.29 is 17.6 Å². The normalized spacial score (nSPS) is 17.8. The first-order valence-corrected chi connectivity index (χ1v) is 7.81. The molecule has 4 nitrogen and oxygen atoms in total. The van der Waals surface area contributed by atoms with Crippen molar-refractivity contribution >= 4 is 15.6 Å². The van der Waals surface area contributed by atoms with Gasteiger partial charge in [0.05, 0.1) is 0 Å². The van der Waals surface area contributed by atoms with Crippen molar-refractivity contribution in [3.63, 3.8) is 0 Å². The molecule has 0 aliphatic carbocycles. The van der Waals surface area contributed by atoms with Gasteiger partial charge in [0, 0.05) is 12.2 Å². The Morgan fingerprint density at radius 3 is 2.55 bits per heavy atom. The Morgan fingerprint density at radius 2 is 2.05 bits per heavy atom. The van der Waals surface area contributed by atoms with Crippen molar-refractivity contribution in [1.29, 1.82) is 0 Å². The molecule has 1 saturated heterocycles. The number of rotatable bonds is 3. The van der Waals surface area contributed by atoms with E-state index in [2.05, 4.69) is 5.32 Å². The fraction of sp³-hybridized carbons (Fsp3) is 0.357. The molecule has 1 aromatic carbocycles. The Morgan fingerprint density at radius 1 is 1.35 bits per heavy atom. The van der Waals surface area contributed by atoms with Crippen LogP contribution in [0.4, 0.5) is 4.39 Å². The number of nitrogens with one attached hydrogen (secondary N) is 1. The van der Waals surface area contributed by atoms with Crippen LogP contribution in [-0.4, -0.2) is 20.7 Å². The Labute approximate surface area is 117 Å². The minimum atomic E-state index is -4.14. The highest BCUT2D eigenvalue weighted by Gasteiger charge is 2.31. The summed E-state index contributed by atoms with van der Waals surface area (Å²) >= 11 is 0. The summed E-state index contributed by atoms with van der Waals surface area (Å²) in [6.07, 6.45) is 1.25. The highest BCUT2D eigenvalue weighted by molar-refractivity contribution is 7.96. The van der Waals surface area contributed by atoms with Gasteiger partial charge in [-0.05, 0) is 44.4 Å². The summed E-state index contributed by atoms with van der Waals surface area (Å²) in [5.74, 6) is -1.41. The van der Waals surface area contributed by atoms with Gasteiger partial charge in [0.25, 0.3) is 0 Å². The van der Waals surface area contributed by atoms with Crippen molar-refractivity contribution in [2.45, 2.75) is 31.6 Å². The fourth-order valence-corrected chi connectivity index (χ4v) is 3.94. The van der Waals surface area contributed by atoms with E-state index in [1.54, 1.807) is 6.92 Å². The number of hydrogen-bond acceptors (Lipinski definition) is 4. The number of benzene rings is 1. The first kappa shape index (κ1) is 14.7. The molecule has 0 radical (unpaired) electrons. The summed E-state index contributed by atoms with van der Waals surface area (Å²) in [5.41, 5.74) is 1.01. The molecular weight excluding hydrogens is 281 g/mol. The molecule has 1 N–H and O–H groups in total. The molecule has 6 heteroatoms. The van der Waals surface area contributed by atoms with E-state index in [0.717, 1.165) is 12.5 Å². The van der Waals surface area contributed by atoms with E-state index in [1.165, 1.54) is 19.1 Å². The summed E-state index contributed by atoms with van der Waals surface area (Å²) in [6.45, 7) is 3.48. The molecule has 0 amide bonds. The van der Waals surface area contributed by atoms with Crippen LogP contribution in [0.3, 0.4) is 0 Å². The van der Waals surface area contributed by atoms with Gasteiger partial charge in [-0.3, -0.25) is 4.79 Å². The smallest absolute Gasteiger partial charge is 0.214 e. The lowest BCUT2D eigenvalue weighted by Gasteiger charge is -2.11. The number of sulfone groups is 1. The third kappa shape index (κ3) is 2.60. The molecule has 1 heterocycles. The standard InChI is InChI=1S/C14H16FNO3S/c1-9-5-6-13(11(15)8-9)20(18,19)14(10(2)17)12-4-3-7-16-12/h5-6,8,16H,3-4,7H2,1-2H3. The highest BCUT2D eigenvalue weighted by atomic mass is 32.2. The predicted molar refractivity (Wildman–Crippen MR) is 73.3 cm³/mol. The summed E-state index contributed by atoms with van der Waals surface area (Å²) in [6, 6.07) is 3.87. The van der Waals surface area contributed by atoms with Crippen molar-refractivity contribution in [3.8, 4) is 0 Å². The second kappa shape index (κ2) is 5.36. The maximum atomic E-state index is 13.9. The van der Waals surface area contributed by atoms with Crippen LogP contribution in [0.15, 0.2) is 33.7 Å². The van der Waals surface area contributed by atoms with Crippen LogP contribution in [0.1, 0.15) is 25.3 Å². The number of carbonyl (C=O) groups is 1. The zero-order valence-electron chi connectivity index (χ0n) is 11.4. The first-order chi connectivity index (χ1) is 9.34. The SMILES string of the molecule is CC(=O)C(=C1CCCN1)S(=O)(=O)c1ccc(C)cc1F. The molecule has 1 fully saturated rings. The van der Waals surface area contributed by atoms with Gasteiger partial charge < -0.3 is 5.32 Å². The van der Waals surface area contributed by atoms with Gasteiger partial charge in [0.1, 0.15) is 15.6 Å². The number of ketones is 1. The number of carbonyl (C=O) groups excluding carboxylic acids is 1. The molecule has 0 saturated carbocycles. The van der Waals surface area contributed by atoms with Gasteiger partial charge in [-0.2, -0.15) is 0 Å². The van der Waals surface area contributed by atoms with E-state index < -0.39 is 26.3 Å². The molecular formula is C14H16FNO3S. The highest BCUT2D eigenvalue weighted by Crippen LogP contribution is 2.28. The zero-order chi connectivity index (χ0) is 14.9. The Kier molecular flexibility index (Phi) is 3.94. The molecule has 108 valence electrons. The van der Waals surface area contributed by atoms with Gasteiger partial charge in [0.2, 0.25) is 9.84 Å². The number of aryl methyl sites for hydroxylation is 1. The summed E-state index contributed by atoms with van der Waals surface area (Å²) in [4.78, 5) is 11.0. The van der Waals surface area contributed by atoms with Crippen LogP contribution in [-0.2, 0) is 14.6 Å². The molecule has 0 unspecified atom stereocenters. The zero-order valence-corrected chi connectivity index (χ0v) is 12.2. The number of hydrogen-bond donors (Lipinski definition) is 1. The van der Waals surface area contributed by atoms with Crippen molar-refractivity contribution in [2.24, 2.45) is 0 Å². The second-order valence-corrected chi connectivity index (χ2v) is 6.69. The first-order valence-electron chi connectivity index (χ1n) is 6.33. The van der Waals surface area contributed by atoms with Crippen LogP contribution in [0.5, 0.6) is 0 Å². The summed E-state index contributed by atoms with van der Waals surface area (Å²) in [7, 11) is -4.14. The molecule has 0 bridgehead atoms. The summed E-state index contributed by atoms with van der Waals surface area (Å²) < 4.78 is 39.0. The van der Waals surface area contributed by atoms with Crippen molar-refractivity contribution in [2.75, 3.05) is 6.54 Å². The van der Waals surface area contributed by atoms with E-state index in [9.17, 15) is 17.6 Å². The molecule has 1 aliphatic rings. The van der Waals surface area contributed by atoms with Gasteiger partial charge in [0.15, 0.2) is 5.78 Å². The third-order valence-corrected chi connectivity index (χ3v) is 5.16. The van der Waals surface area contributed by atoms with E-state index in [0.29, 0.717) is 24.2 Å². The molecule has 0 aromatic heterocycles. The van der Waals surface area contributed by atoms with Gasteiger partial charge in [-0.25, -0.2) is 12.8 Å². The Hall–Kier alpha value is -1.69. The van der Waals surface area contributed by atoms with Gasteiger partial charge in [-0.15, -0.1) is 0 Å². The average Bonchev–Trinajstić information content (AvgIpc) is 2.80. The monoisotopic (exact) mass is 297 g/mol. The lowest BCUT2D eigenvalue weighted by atomic mass is 10.2. The molecule has 1 aromatic rings. The number of allylic oxidation sites excluding steroid dienone is 2. The lowest BCUT2D eigenvalue weighted by molar-refractivity contribution is -0.113. The molecule has 0 spiro atoms. The predicted octanol–water partition coefficient (Wildman–Crippen LogP) is 2.09. The summed E-state index contributed by atoms with van der Waals surface area (Å²) in [5, 5.41) is 2.90. The van der Waals surface area contributed by atoms with Gasteiger partial charge in [-0.1, -0.05) is 6.07 Å². The minimum Gasteiger partial charge on any atom is -0.387 e. The maximum absolute atomic E-state index is 13.9. The minimum absolute atomic E-state index is 0.322. The average molecular weight is 297 g/mol. The van der Waals surface area contributed by atoms with Crippen molar-refractivity contribution in [1.82, 2.24) is 5.32 Å². The topological polar surface area (TPSA) is 63.2 Å². The number of Topliss-reactive ketones (excluding diaryl/α,β-unsaturated/α-hetero) is 1. The largest absolute Gasteiger partial charge is 0.387 e. The Balaban J connectivity index is 2.63. The fourth-order valence-electron chi connectivity index (χ4n) is 2.28. The molecule has 20 heavy (non-hydrogen) atoms. The lowest BCUT2D eigenvalue weighted by Crippen LogP contribution is -2.19. The van der Waals surface area contributed by atoms with Crippen LogP contribution in [0, 0.1) is 12.7 Å². The third-order valence-electron chi connectivity index (χ3n) is 3.18. The molecule has 1 aliphatic heterocycles. The number of halogens is 1. The van der Waals surface area contributed by atoms with Crippen molar-refractivity contribution in [3.05, 3.63) is 40.2 Å². The van der Waals surface area contributed by atoms with E-state index in [4.69, 9.17) is 0 Å². The quantitative estimate of drug-likeness (QED) is 0.868. The second-order valence-electron chi connectivity index (χ2n) is 4.83. The van der Waals surface area contributed by atoms with Crippen LogP contribution >= 0.6 is 0 Å². The van der Waals surface area contributed by atoms with E-state index in [1.807, 2.05) is 0 Å². The Bertz CT molecular complexity index is 684. The van der Waals surface area contributed by atoms with Crippen LogP contribution < -0.4 is 5.32 Å². The molecule has 2 rings (SSSR count).